The number of nitrogens with one attached hydrogen (secondary N) is 1. The van der Waals surface area contributed by atoms with Crippen molar-refractivity contribution < 1.29 is 9.59 Å². The number of anilines is 2. The lowest BCUT2D eigenvalue weighted by Crippen LogP contribution is -2.35. The van der Waals surface area contributed by atoms with Crippen LogP contribution in [0.15, 0.2) is 60.9 Å². The van der Waals surface area contributed by atoms with Gasteiger partial charge in [0.25, 0.3) is 0 Å². The maximum Gasteiger partial charge on any atom is 0.228 e. The van der Waals surface area contributed by atoms with E-state index in [2.05, 4.69) is 10.3 Å². The number of amides is 2. The van der Waals surface area contributed by atoms with Gasteiger partial charge in [-0.15, -0.1) is 0 Å². The zero-order valence-electron chi connectivity index (χ0n) is 18.5. The summed E-state index contributed by atoms with van der Waals surface area (Å²) in [6.07, 6.45) is 4.62. The van der Waals surface area contributed by atoms with Gasteiger partial charge in [0.2, 0.25) is 11.8 Å². The molecule has 1 aromatic carbocycles. The molecule has 0 bridgehead atoms. The lowest BCUT2D eigenvalue weighted by atomic mass is 10.1. The Balaban J connectivity index is 1.39. The molecule has 0 unspecified atom stereocenters. The first-order valence-electron chi connectivity index (χ1n) is 11.2. The predicted molar refractivity (Wildman–Crippen MR) is 125 cm³/mol. The summed E-state index contributed by atoms with van der Waals surface area (Å²) in [5.74, 6) is 1.30. The number of likely N-dealkylation sites (tertiary alicyclic amines) is 2. The zero-order valence-corrected chi connectivity index (χ0v) is 18.5. The van der Waals surface area contributed by atoms with Gasteiger partial charge in [0, 0.05) is 68.7 Å². The Morgan fingerprint density at radius 1 is 1.09 bits per heavy atom. The molecule has 2 atom stereocenters. The molecule has 0 aliphatic carbocycles. The molecule has 2 aliphatic heterocycles. The van der Waals surface area contributed by atoms with Gasteiger partial charge in [0.15, 0.2) is 0 Å². The van der Waals surface area contributed by atoms with Crippen molar-refractivity contribution in [3.05, 3.63) is 66.7 Å². The fourth-order valence-corrected chi connectivity index (χ4v) is 4.50. The normalized spacial score (nSPS) is 20.3. The Bertz CT molecular complexity index is 1150. The van der Waals surface area contributed by atoms with Crippen LogP contribution in [0, 0.1) is 5.92 Å². The van der Waals surface area contributed by atoms with E-state index in [4.69, 9.17) is 9.97 Å². The first-order valence-corrected chi connectivity index (χ1v) is 11.2. The molecule has 8 heteroatoms. The maximum absolute atomic E-state index is 13.0. The van der Waals surface area contributed by atoms with Gasteiger partial charge >= 0.3 is 0 Å². The summed E-state index contributed by atoms with van der Waals surface area (Å²) in [5.41, 5.74) is 2.65. The highest BCUT2D eigenvalue weighted by Gasteiger charge is 2.38. The van der Waals surface area contributed by atoms with E-state index in [0.717, 1.165) is 23.4 Å². The van der Waals surface area contributed by atoms with Crippen molar-refractivity contribution in [2.24, 2.45) is 5.92 Å². The van der Waals surface area contributed by atoms with Gasteiger partial charge in [-0.2, -0.15) is 0 Å². The van der Waals surface area contributed by atoms with E-state index in [1.54, 1.807) is 24.3 Å². The highest BCUT2D eigenvalue weighted by Crippen LogP contribution is 2.31. The van der Waals surface area contributed by atoms with Gasteiger partial charge in [-0.3, -0.25) is 14.6 Å². The monoisotopic (exact) mass is 442 g/mol. The second kappa shape index (κ2) is 8.97. The van der Waals surface area contributed by atoms with Gasteiger partial charge in [0.05, 0.1) is 11.6 Å². The number of hydrogen-bond donors (Lipinski definition) is 1. The van der Waals surface area contributed by atoms with Gasteiger partial charge < -0.3 is 15.1 Å². The van der Waals surface area contributed by atoms with Gasteiger partial charge in [-0.05, 0) is 30.7 Å². The van der Waals surface area contributed by atoms with Crippen LogP contribution >= 0.6 is 0 Å². The summed E-state index contributed by atoms with van der Waals surface area (Å²) < 4.78 is 0. The summed E-state index contributed by atoms with van der Waals surface area (Å²) in [6.45, 7) is 1.71. The quantitative estimate of drug-likeness (QED) is 0.653. The van der Waals surface area contributed by atoms with Crippen LogP contribution in [0.5, 0.6) is 0 Å². The molecule has 2 saturated heterocycles. The van der Waals surface area contributed by atoms with Crippen LogP contribution in [0.25, 0.3) is 11.3 Å². The summed E-state index contributed by atoms with van der Waals surface area (Å²) in [7, 11) is 1.75. The molecule has 2 fully saturated rings. The Kier molecular flexibility index (Phi) is 5.73. The third-order valence-corrected chi connectivity index (χ3v) is 6.30. The van der Waals surface area contributed by atoms with Crippen molar-refractivity contribution in [3.8, 4) is 11.3 Å². The minimum absolute atomic E-state index is 0.0354. The lowest BCUT2D eigenvalue weighted by Gasteiger charge is -2.20. The minimum atomic E-state index is -0.251. The van der Waals surface area contributed by atoms with Crippen molar-refractivity contribution in [2.75, 3.05) is 32.0 Å². The number of rotatable bonds is 5. The van der Waals surface area contributed by atoms with Crippen LogP contribution in [0.4, 0.5) is 11.5 Å². The molecule has 0 spiro atoms. The standard InChI is InChI=1S/C25H26N6O2/c1-30-15-19(12-23(30)32)25(33)31-11-9-18(16-31)24-28-21(17-6-5-10-26-14-17)13-22(29-24)27-20-7-3-2-4-8-20/h2-8,10,13-14,18-19H,9,11-12,15-16H2,1H3,(H,27,28,29)/t18-,19+/m1/s1. The Hall–Kier alpha value is -3.81. The molecule has 33 heavy (non-hydrogen) atoms. The van der Waals surface area contributed by atoms with E-state index < -0.39 is 0 Å². The Morgan fingerprint density at radius 3 is 2.67 bits per heavy atom. The van der Waals surface area contributed by atoms with Crippen molar-refractivity contribution in [1.82, 2.24) is 24.8 Å². The largest absolute Gasteiger partial charge is 0.345 e. The van der Waals surface area contributed by atoms with Crippen LogP contribution in [-0.4, -0.2) is 63.2 Å². The number of nitrogens with zero attached hydrogens (tertiary/aromatic N) is 5. The predicted octanol–water partition coefficient (Wildman–Crippen LogP) is 3.08. The van der Waals surface area contributed by atoms with Crippen LogP contribution in [-0.2, 0) is 9.59 Å². The minimum Gasteiger partial charge on any atom is -0.345 e. The number of pyridine rings is 1. The topological polar surface area (TPSA) is 91.3 Å². The first-order chi connectivity index (χ1) is 16.1. The lowest BCUT2D eigenvalue weighted by molar-refractivity contribution is -0.134. The molecule has 3 aromatic rings. The maximum atomic E-state index is 13.0. The van der Waals surface area contributed by atoms with E-state index in [1.807, 2.05) is 53.4 Å². The molecule has 2 aromatic heterocycles. The van der Waals surface area contributed by atoms with Gasteiger partial charge in [0.1, 0.15) is 11.6 Å². The summed E-state index contributed by atoms with van der Waals surface area (Å²) in [5, 5.41) is 3.37. The molecule has 5 rings (SSSR count). The van der Waals surface area contributed by atoms with Crippen LogP contribution in [0.3, 0.4) is 0 Å². The number of carbonyl (C=O) groups is 2. The molecule has 0 saturated carbocycles. The average Bonchev–Trinajstić information content (AvgIpc) is 3.47. The highest BCUT2D eigenvalue weighted by molar-refractivity contribution is 5.89. The third-order valence-electron chi connectivity index (χ3n) is 6.30. The molecule has 2 aliphatic rings. The van der Waals surface area contributed by atoms with Gasteiger partial charge in [-0.25, -0.2) is 9.97 Å². The van der Waals surface area contributed by atoms with E-state index in [9.17, 15) is 9.59 Å². The summed E-state index contributed by atoms with van der Waals surface area (Å²) in [6, 6.07) is 15.7. The molecule has 168 valence electrons. The summed E-state index contributed by atoms with van der Waals surface area (Å²) >= 11 is 0. The summed E-state index contributed by atoms with van der Waals surface area (Å²) in [4.78, 5) is 42.3. The van der Waals surface area contributed by atoms with Crippen molar-refractivity contribution >= 4 is 23.3 Å². The smallest absolute Gasteiger partial charge is 0.228 e. The van der Waals surface area contributed by atoms with Crippen molar-refractivity contribution in [1.29, 1.82) is 0 Å². The van der Waals surface area contributed by atoms with E-state index in [-0.39, 0.29) is 23.7 Å². The number of aromatic nitrogens is 3. The second-order valence-corrected chi connectivity index (χ2v) is 8.67. The van der Waals surface area contributed by atoms with Crippen LogP contribution < -0.4 is 5.32 Å². The van der Waals surface area contributed by atoms with E-state index in [0.29, 0.717) is 37.7 Å². The van der Waals surface area contributed by atoms with E-state index >= 15 is 0 Å². The molecule has 0 radical (unpaired) electrons. The number of carbonyl (C=O) groups excluding carboxylic acids is 2. The molecule has 2 amide bonds. The molecular weight excluding hydrogens is 416 g/mol. The van der Waals surface area contributed by atoms with E-state index in [1.165, 1.54) is 0 Å². The number of hydrogen-bond acceptors (Lipinski definition) is 6. The first kappa shape index (κ1) is 21.1. The SMILES string of the molecule is CN1C[C@@H](C(=O)N2CC[C@@H](c3nc(Nc4ccccc4)cc(-c4cccnc4)n3)C2)CC1=O. The second-order valence-electron chi connectivity index (χ2n) is 8.67. The zero-order chi connectivity index (χ0) is 22.8. The molecular formula is C25H26N6O2. The Labute approximate surface area is 192 Å². The van der Waals surface area contributed by atoms with Crippen molar-refractivity contribution in [3.63, 3.8) is 0 Å². The average molecular weight is 443 g/mol. The van der Waals surface area contributed by atoms with Crippen LogP contribution in [0.2, 0.25) is 0 Å². The fourth-order valence-electron chi connectivity index (χ4n) is 4.50. The van der Waals surface area contributed by atoms with Crippen LogP contribution in [0.1, 0.15) is 24.6 Å². The molecule has 4 heterocycles. The fraction of sp³-hybridized carbons (Fsp3) is 0.320. The highest BCUT2D eigenvalue weighted by atomic mass is 16.2. The number of benzene rings is 1. The Morgan fingerprint density at radius 2 is 1.94 bits per heavy atom. The third kappa shape index (κ3) is 4.55. The van der Waals surface area contributed by atoms with Crippen molar-refractivity contribution in [2.45, 2.75) is 18.8 Å². The van der Waals surface area contributed by atoms with Gasteiger partial charge in [-0.1, -0.05) is 18.2 Å². The molecule has 8 nitrogen and oxygen atoms in total. The number of para-hydroxylation sites is 1. The molecule has 1 N–H and O–H groups in total.